The van der Waals surface area contributed by atoms with Gasteiger partial charge in [0.2, 0.25) is 5.91 Å². The van der Waals surface area contributed by atoms with Gasteiger partial charge in [-0.3, -0.25) is 4.79 Å². The molecule has 2 rings (SSSR count). The van der Waals surface area contributed by atoms with Gasteiger partial charge in [0.15, 0.2) is 0 Å². The van der Waals surface area contributed by atoms with Gasteiger partial charge in [0, 0.05) is 7.05 Å². The van der Waals surface area contributed by atoms with Crippen LogP contribution < -0.4 is 5.32 Å². The second-order valence-electron chi connectivity index (χ2n) is 4.28. The fraction of sp³-hybridized carbons (Fsp3) is 0.583. The molecule has 1 atom stereocenters. The third-order valence-electron chi connectivity index (χ3n) is 2.96. The Morgan fingerprint density at radius 3 is 3.00 bits per heavy atom. The molecule has 0 bridgehead atoms. The lowest BCUT2D eigenvalue weighted by Gasteiger charge is -2.26. The van der Waals surface area contributed by atoms with Crippen LogP contribution >= 0.6 is 12.4 Å². The Morgan fingerprint density at radius 2 is 2.41 bits per heavy atom. The summed E-state index contributed by atoms with van der Waals surface area (Å²) in [6, 6.07) is 3.72. The van der Waals surface area contributed by atoms with E-state index in [-0.39, 0.29) is 24.4 Å². The number of carbonyl (C=O) groups is 1. The zero-order chi connectivity index (χ0) is 11.4. The Labute approximate surface area is 108 Å². The highest BCUT2D eigenvalue weighted by molar-refractivity contribution is 5.85. The van der Waals surface area contributed by atoms with E-state index in [1.54, 1.807) is 11.2 Å². The summed E-state index contributed by atoms with van der Waals surface area (Å²) in [5.74, 6) is 0.989. The van der Waals surface area contributed by atoms with Gasteiger partial charge in [-0.1, -0.05) is 6.42 Å². The van der Waals surface area contributed by atoms with Crippen molar-refractivity contribution in [2.24, 2.45) is 0 Å². The predicted octanol–water partition coefficient (Wildman–Crippen LogP) is 1.80. The third-order valence-corrected chi connectivity index (χ3v) is 2.96. The molecule has 1 aromatic heterocycles. The van der Waals surface area contributed by atoms with E-state index in [2.05, 4.69) is 5.32 Å². The van der Waals surface area contributed by atoms with Crippen molar-refractivity contribution in [2.75, 3.05) is 13.6 Å². The highest BCUT2D eigenvalue weighted by atomic mass is 35.5. The molecule has 1 fully saturated rings. The van der Waals surface area contributed by atoms with Gasteiger partial charge in [-0.05, 0) is 31.5 Å². The summed E-state index contributed by atoms with van der Waals surface area (Å²) in [7, 11) is 1.82. The number of hydrogen-bond acceptors (Lipinski definition) is 3. The minimum absolute atomic E-state index is 0. The van der Waals surface area contributed by atoms with E-state index < -0.39 is 0 Å². The molecule has 1 aliphatic heterocycles. The van der Waals surface area contributed by atoms with E-state index >= 15 is 0 Å². The quantitative estimate of drug-likeness (QED) is 0.899. The molecular formula is C12H19ClN2O2. The minimum atomic E-state index is -0.00582. The van der Waals surface area contributed by atoms with Crippen LogP contribution in [0.4, 0.5) is 0 Å². The van der Waals surface area contributed by atoms with Crippen LogP contribution in [0.2, 0.25) is 0 Å². The second kappa shape index (κ2) is 6.67. The second-order valence-corrected chi connectivity index (χ2v) is 4.28. The minimum Gasteiger partial charge on any atom is -0.467 e. The summed E-state index contributed by atoms with van der Waals surface area (Å²) in [4.78, 5) is 13.8. The van der Waals surface area contributed by atoms with Crippen LogP contribution in [0, 0.1) is 0 Å². The number of hydrogen-bond donors (Lipinski definition) is 1. The van der Waals surface area contributed by atoms with Gasteiger partial charge >= 0.3 is 0 Å². The molecule has 1 amide bonds. The van der Waals surface area contributed by atoms with Gasteiger partial charge in [0.05, 0.1) is 18.8 Å². The van der Waals surface area contributed by atoms with Crippen molar-refractivity contribution in [3.05, 3.63) is 24.2 Å². The summed E-state index contributed by atoms with van der Waals surface area (Å²) in [6.07, 6.45) is 4.89. The summed E-state index contributed by atoms with van der Waals surface area (Å²) in [5, 5.41) is 3.26. The molecule has 4 nitrogen and oxygen atoms in total. The number of carbonyl (C=O) groups excluding carboxylic acids is 1. The van der Waals surface area contributed by atoms with Crippen molar-refractivity contribution in [2.45, 2.75) is 31.8 Å². The summed E-state index contributed by atoms with van der Waals surface area (Å²) >= 11 is 0. The van der Waals surface area contributed by atoms with Crippen LogP contribution in [0.25, 0.3) is 0 Å². The number of nitrogens with zero attached hydrogens (tertiary/aromatic N) is 1. The fourth-order valence-corrected chi connectivity index (χ4v) is 2.04. The van der Waals surface area contributed by atoms with Gasteiger partial charge in [-0.25, -0.2) is 0 Å². The molecule has 0 radical (unpaired) electrons. The lowest BCUT2D eigenvalue weighted by molar-refractivity contribution is -0.133. The van der Waals surface area contributed by atoms with Gasteiger partial charge in [-0.2, -0.15) is 0 Å². The molecular weight excluding hydrogens is 240 g/mol. The third kappa shape index (κ3) is 3.75. The Hall–Kier alpha value is -1.00. The molecule has 96 valence electrons. The topological polar surface area (TPSA) is 45.5 Å². The highest BCUT2D eigenvalue weighted by Gasteiger charge is 2.23. The molecule has 1 saturated heterocycles. The van der Waals surface area contributed by atoms with E-state index in [4.69, 9.17) is 4.42 Å². The smallest absolute Gasteiger partial charge is 0.239 e. The molecule has 1 aromatic rings. The number of nitrogens with one attached hydrogen (secondary N) is 1. The zero-order valence-corrected chi connectivity index (χ0v) is 10.8. The van der Waals surface area contributed by atoms with Crippen LogP contribution in [0.5, 0.6) is 0 Å². The van der Waals surface area contributed by atoms with Gasteiger partial charge in [-0.15, -0.1) is 12.4 Å². The maximum atomic E-state index is 12.0. The number of amides is 1. The van der Waals surface area contributed by atoms with Crippen molar-refractivity contribution in [3.8, 4) is 0 Å². The average molecular weight is 259 g/mol. The molecule has 0 unspecified atom stereocenters. The first kappa shape index (κ1) is 14.1. The Kier molecular flexibility index (Phi) is 5.51. The monoisotopic (exact) mass is 258 g/mol. The number of likely N-dealkylation sites (N-methyl/N-ethyl adjacent to an activating group) is 1. The van der Waals surface area contributed by atoms with E-state index in [1.165, 1.54) is 6.42 Å². The van der Waals surface area contributed by atoms with Crippen molar-refractivity contribution in [1.82, 2.24) is 10.2 Å². The lowest BCUT2D eigenvalue weighted by Crippen LogP contribution is -2.46. The molecule has 0 spiro atoms. The highest BCUT2D eigenvalue weighted by Crippen LogP contribution is 2.11. The van der Waals surface area contributed by atoms with Crippen molar-refractivity contribution < 1.29 is 9.21 Å². The maximum absolute atomic E-state index is 12.0. The number of halogens is 1. The van der Waals surface area contributed by atoms with E-state index in [9.17, 15) is 4.79 Å². The first-order chi connectivity index (χ1) is 7.77. The SMILES string of the molecule is CN(Cc1ccco1)C(=O)[C@H]1CCCCN1.Cl. The fourth-order valence-electron chi connectivity index (χ4n) is 2.04. The molecule has 0 saturated carbocycles. The van der Waals surface area contributed by atoms with Crippen LogP contribution in [0.1, 0.15) is 25.0 Å². The Balaban J connectivity index is 0.00000144. The summed E-state index contributed by atoms with van der Waals surface area (Å²) < 4.78 is 5.23. The number of furan rings is 1. The molecule has 0 aliphatic carbocycles. The zero-order valence-electron chi connectivity index (χ0n) is 10.0. The first-order valence-corrected chi connectivity index (χ1v) is 5.78. The molecule has 0 aromatic carbocycles. The van der Waals surface area contributed by atoms with Gasteiger partial charge < -0.3 is 14.6 Å². The van der Waals surface area contributed by atoms with E-state index in [1.807, 2.05) is 19.2 Å². The molecule has 1 N–H and O–H groups in total. The standard InChI is InChI=1S/C12H18N2O2.ClH/c1-14(9-10-5-4-8-16-10)12(15)11-6-2-3-7-13-11;/h4-5,8,11,13H,2-3,6-7,9H2,1H3;1H/t11-;/m1./s1. The van der Waals surface area contributed by atoms with E-state index in [0.29, 0.717) is 6.54 Å². The molecule has 2 heterocycles. The maximum Gasteiger partial charge on any atom is 0.239 e. The van der Waals surface area contributed by atoms with Crippen LogP contribution in [-0.2, 0) is 11.3 Å². The van der Waals surface area contributed by atoms with E-state index in [0.717, 1.165) is 25.1 Å². The van der Waals surface area contributed by atoms with Crippen LogP contribution in [0.15, 0.2) is 22.8 Å². The number of rotatable bonds is 3. The van der Waals surface area contributed by atoms with Crippen molar-refractivity contribution in [3.63, 3.8) is 0 Å². The van der Waals surface area contributed by atoms with Crippen molar-refractivity contribution >= 4 is 18.3 Å². The Bertz CT molecular complexity index is 334. The average Bonchev–Trinajstić information content (AvgIpc) is 2.82. The lowest BCUT2D eigenvalue weighted by atomic mass is 10.0. The van der Waals surface area contributed by atoms with Crippen molar-refractivity contribution in [1.29, 1.82) is 0 Å². The largest absolute Gasteiger partial charge is 0.467 e. The summed E-state index contributed by atoms with van der Waals surface area (Å²) in [6.45, 7) is 1.50. The first-order valence-electron chi connectivity index (χ1n) is 5.78. The molecule has 1 aliphatic rings. The molecule has 5 heteroatoms. The predicted molar refractivity (Wildman–Crippen MR) is 68.1 cm³/mol. The molecule has 17 heavy (non-hydrogen) atoms. The van der Waals surface area contributed by atoms with Gasteiger partial charge in [0.25, 0.3) is 0 Å². The number of piperidine rings is 1. The van der Waals surface area contributed by atoms with Crippen LogP contribution in [0.3, 0.4) is 0 Å². The normalized spacial score (nSPS) is 19.5. The van der Waals surface area contributed by atoms with Crippen LogP contribution in [-0.4, -0.2) is 30.4 Å². The summed E-state index contributed by atoms with van der Waals surface area (Å²) in [5.41, 5.74) is 0. The Morgan fingerprint density at radius 1 is 1.59 bits per heavy atom. The van der Waals surface area contributed by atoms with Gasteiger partial charge in [0.1, 0.15) is 5.76 Å².